The van der Waals surface area contributed by atoms with Crippen molar-refractivity contribution in [3.05, 3.63) is 95.3 Å². The van der Waals surface area contributed by atoms with Crippen LogP contribution in [0.5, 0.6) is 0 Å². The number of hydrogen-bond acceptors (Lipinski definition) is 4. The van der Waals surface area contributed by atoms with Gasteiger partial charge < -0.3 is 10.6 Å². The van der Waals surface area contributed by atoms with E-state index in [0.29, 0.717) is 0 Å². The van der Waals surface area contributed by atoms with E-state index in [9.17, 15) is 0 Å². The number of hydrogen-bond donors (Lipinski definition) is 2. The highest BCUT2D eigenvalue weighted by Gasteiger charge is 2.12. The standard InChI is InChI=1S/C24H24N4/c1-16-13-21-22(14-17(16)2)26-15-27-24(21)28-20-11-9-19(10-12-20)23(25-3)18-7-5-4-6-8-18/h4-15,23,25H,1-3H3,(H,26,27,28)/t23-/m1/s1. The van der Waals surface area contributed by atoms with Gasteiger partial charge in [0, 0.05) is 11.1 Å². The van der Waals surface area contributed by atoms with Crippen molar-refractivity contribution in [2.24, 2.45) is 0 Å². The Morgan fingerprint density at radius 1 is 0.786 bits per heavy atom. The molecule has 0 aliphatic carbocycles. The van der Waals surface area contributed by atoms with Crippen LogP contribution < -0.4 is 10.6 Å². The molecule has 140 valence electrons. The van der Waals surface area contributed by atoms with Crippen LogP contribution in [-0.4, -0.2) is 17.0 Å². The van der Waals surface area contributed by atoms with Gasteiger partial charge in [0.2, 0.25) is 0 Å². The summed E-state index contributed by atoms with van der Waals surface area (Å²) >= 11 is 0. The van der Waals surface area contributed by atoms with Crippen molar-refractivity contribution in [1.29, 1.82) is 0 Å². The molecular formula is C24H24N4. The molecular weight excluding hydrogens is 344 g/mol. The second-order valence-corrected chi connectivity index (χ2v) is 7.06. The SMILES string of the molecule is CN[C@H](c1ccccc1)c1ccc(Nc2ncnc3cc(C)c(C)cc23)cc1. The number of aryl methyl sites for hydroxylation is 2. The maximum absolute atomic E-state index is 4.46. The Morgan fingerprint density at radius 2 is 1.46 bits per heavy atom. The fraction of sp³-hybridized carbons (Fsp3) is 0.167. The quantitative estimate of drug-likeness (QED) is 0.502. The summed E-state index contributed by atoms with van der Waals surface area (Å²) in [7, 11) is 1.99. The van der Waals surface area contributed by atoms with Gasteiger partial charge in [0.25, 0.3) is 0 Å². The largest absolute Gasteiger partial charge is 0.340 e. The fourth-order valence-electron chi connectivity index (χ4n) is 3.48. The predicted molar refractivity (Wildman–Crippen MR) is 116 cm³/mol. The number of benzene rings is 3. The number of fused-ring (bicyclic) bond motifs is 1. The molecule has 1 aromatic heterocycles. The van der Waals surface area contributed by atoms with Crippen molar-refractivity contribution in [2.45, 2.75) is 19.9 Å². The number of aromatic nitrogens is 2. The van der Waals surface area contributed by atoms with Gasteiger partial charge in [-0.05, 0) is 67.4 Å². The summed E-state index contributed by atoms with van der Waals surface area (Å²) in [6, 6.07) is 23.4. The van der Waals surface area contributed by atoms with Crippen molar-refractivity contribution < 1.29 is 0 Å². The maximum Gasteiger partial charge on any atom is 0.141 e. The molecule has 0 aliphatic heterocycles. The number of nitrogens with zero attached hydrogens (tertiary/aromatic N) is 2. The highest BCUT2D eigenvalue weighted by atomic mass is 15.0. The fourth-order valence-corrected chi connectivity index (χ4v) is 3.48. The first kappa shape index (κ1) is 18.1. The van der Waals surface area contributed by atoms with Crippen LogP contribution in [0.15, 0.2) is 73.1 Å². The molecule has 0 aliphatic rings. The second kappa shape index (κ2) is 7.79. The van der Waals surface area contributed by atoms with Gasteiger partial charge in [-0.25, -0.2) is 9.97 Å². The third-order valence-electron chi connectivity index (χ3n) is 5.18. The van der Waals surface area contributed by atoms with E-state index >= 15 is 0 Å². The van der Waals surface area contributed by atoms with E-state index in [1.54, 1.807) is 6.33 Å². The molecule has 3 aromatic carbocycles. The van der Waals surface area contributed by atoms with Gasteiger partial charge in [-0.3, -0.25) is 0 Å². The van der Waals surface area contributed by atoms with E-state index in [4.69, 9.17) is 0 Å². The average Bonchev–Trinajstić information content (AvgIpc) is 2.72. The van der Waals surface area contributed by atoms with E-state index in [1.165, 1.54) is 22.3 Å². The lowest BCUT2D eigenvalue weighted by Crippen LogP contribution is -2.17. The van der Waals surface area contributed by atoms with Crippen molar-refractivity contribution in [3.63, 3.8) is 0 Å². The van der Waals surface area contributed by atoms with Crippen LogP contribution in [0.25, 0.3) is 10.9 Å². The molecule has 4 aromatic rings. The Bertz CT molecular complexity index is 1090. The van der Waals surface area contributed by atoms with E-state index in [1.807, 2.05) is 13.1 Å². The zero-order valence-electron chi connectivity index (χ0n) is 16.4. The van der Waals surface area contributed by atoms with Crippen LogP contribution in [0.2, 0.25) is 0 Å². The van der Waals surface area contributed by atoms with Crippen LogP contribution in [0.1, 0.15) is 28.3 Å². The molecule has 0 bridgehead atoms. The lowest BCUT2D eigenvalue weighted by molar-refractivity contribution is 0.692. The molecule has 28 heavy (non-hydrogen) atoms. The minimum absolute atomic E-state index is 0.167. The van der Waals surface area contributed by atoms with E-state index in [-0.39, 0.29) is 6.04 Å². The third kappa shape index (κ3) is 3.59. The van der Waals surface area contributed by atoms with Gasteiger partial charge in [-0.15, -0.1) is 0 Å². The van der Waals surface area contributed by atoms with Gasteiger partial charge in [-0.2, -0.15) is 0 Å². The molecule has 2 N–H and O–H groups in total. The molecule has 0 spiro atoms. The first-order valence-corrected chi connectivity index (χ1v) is 9.47. The van der Waals surface area contributed by atoms with Gasteiger partial charge in [0.15, 0.2) is 0 Å². The Kier molecular flexibility index (Phi) is 5.04. The first-order valence-electron chi connectivity index (χ1n) is 9.47. The van der Waals surface area contributed by atoms with E-state index < -0.39 is 0 Å². The minimum Gasteiger partial charge on any atom is -0.340 e. The molecule has 0 radical (unpaired) electrons. The molecule has 1 atom stereocenters. The molecule has 0 amide bonds. The molecule has 4 rings (SSSR count). The van der Waals surface area contributed by atoms with Gasteiger partial charge in [0.05, 0.1) is 11.6 Å². The molecule has 4 nitrogen and oxygen atoms in total. The summed E-state index contributed by atoms with van der Waals surface area (Å²) in [5, 5.41) is 7.88. The molecule has 1 heterocycles. The molecule has 0 saturated heterocycles. The van der Waals surface area contributed by atoms with Gasteiger partial charge in [0.1, 0.15) is 12.1 Å². The minimum atomic E-state index is 0.167. The summed E-state index contributed by atoms with van der Waals surface area (Å²) in [4.78, 5) is 8.87. The maximum atomic E-state index is 4.46. The molecule has 0 fully saturated rings. The third-order valence-corrected chi connectivity index (χ3v) is 5.18. The van der Waals surface area contributed by atoms with Gasteiger partial charge in [-0.1, -0.05) is 42.5 Å². The summed E-state index contributed by atoms with van der Waals surface area (Å²) in [6.07, 6.45) is 1.61. The van der Waals surface area contributed by atoms with E-state index in [2.05, 4.69) is 95.1 Å². The summed E-state index contributed by atoms with van der Waals surface area (Å²) in [6.45, 7) is 4.22. The lowest BCUT2D eigenvalue weighted by atomic mass is 9.99. The Hall–Kier alpha value is -3.24. The molecule has 4 heteroatoms. The Labute approximate surface area is 165 Å². The topological polar surface area (TPSA) is 49.8 Å². The van der Waals surface area contributed by atoms with Crippen LogP contribution >= 0.6 is 0 Å². The number of anilines is 2. The molecule has 0 saturated carbocycles. The van der Waals surface area contributed by atoms with Gasteiger partial charge >= 0.3 is 0 Å². The van der Waals surface area contributed by atoms with E-state index in [0.717, 1.165) is 22.4 Å². The van der Waals surface area contributed by atoms with Crippen molar-refractivity contribution >= 4 is 22.4 Å². The zero-order chi connectivity index (χ0) is 19.5. The van der Waals surface area contributed by atoms with Crippen LogP contribution in [0.3, 0.4) is 0 Å². The first-order chi connectivity index (χ1) is 13.7. The normalized spacial score (nSPS) is 12.1. The summed E-state index contributed by atoms with van der Waals surface area (Å²) in [5.41, 5.74) is 6.90. The Balaban J connectivity index is 1.62. The summed E-state index contributed by atoms with van der Waals surface area (Å²) < 4.78 is 0. The predicted octanol–water partition coefficient (Wildman–Crippen LogP) is 5.30. The number of nitrogens with one attached hydrogen (secondary N) is 2. The van der Waals surface area contributed by atoms with Crippen LogP contribution in [0.4, 0.5) is 11.5 Å². The highest BCUT2D eigenvalue weighted by molar-refractivity contribution is 5.91. The van der Waals surface area contributed by atoms with Crippen molar-refractivity contribution in [3.8, 4) is 0 Å². The lowest BCUT2D eigenvalue weighted by Gasteiger charge is -2.18. The van der Waals surface area contributed by atoms with Crippen LogP contribution in [0, 0.1) is 13.8 Å². The summed E-state index contributed by atoms with van der Waals surface area (Å²) in [5.74, 6) is 0.828. The number of rotatable bonds is 5. The average molecular weight is 368 g/mol. The Morgan fingerprint density at radius 3 is 2.18 bits per heavy atom. The zero-order valence-corrected chi connectivity index (χ0v) is 16.4. The highest BCUT2D eigenvalue weighted by Crippen LogP contribution is 2.27. The second-order valence-electron chi connectivity index (χ2n) is 7.06. The van der Waals surface area contributed by atoms with Crippen molar-refractivity contribution in [1.82, 2.24) is 15.3 Å². The van der Waals surface area contributed by atoms with Crippen LogP contribution in [-0.2, 0) is 0 Å². The van der Waals surface area contributed by atoms with Crippen molar-refractivity contribution in [2.75, 3.05) is 12.4 Å². The molecule has 0 unspecified atom stereocenters. The smallest absolute Gasteiger partial charge is 0.141 e. The monoisotopic (exact) mass is 368 g/mol.